The summed E-state index contributed by atoms with van der Waals surface area (Å²) < 4.78 is 39.1. The van der Waals surface area contributed by atoms with E-state index in [4.69, 9.17) is 5.84 Å². The summed E-state index contributed by atoms with van der Waals surface area (Å²) in [5.74, 6) is 5.80. The van der Waals surface area contributed by atoms with Crippen molar-refractivity contribution in [2.24, 2.45) is 5.84 Å². The molecule has 0 fully saturated rings. The molecule has 0 aromatic heterocycles. The summed E-state index contributed by atoms with van der Waals surface area (Å²) >= 11 is 0. The van der Waals surface area contributed by atoms with Gasteiger partial charge in [0.25, 0.3) is 0 Å². The zero-order valence-electron chi connectivity index (χ0n) is 10.3. The lowest BCUT2D eigenvalue weighted by Crippen LogP contribution is -2.27. The second-order valence-corrected chi connectivity index (χ2v) is 4.22. The van der Waals surface area contributed by atoms with Gasteiger partial charge in [-0.3, -0.25) is 5.01 Å². The maximum absolute atomic E-state index is 13.0. The fourth-order valence-electron chi connectivity index (χ4n) is 1.81. The summed E-state index contributed by atoms with van der Waals surface area (Å²) in [5, 5.41) is 1.04. The summed E-state index contributed by atoms with van der Waals surface area (Å²) in [6.07, 6.45) is -4.44. The minimum atomic E-state index is -4.44. The van der Waals surface area contributed by atoms with Gasteiger partial charge in [-0.1, -0.05) is 29.8 Å². The highest BCUT2D eigenvalue weighted by atomic mass is 19.4. The number of nitrogens with zero attached hydrogens (tertiary/aromatic N) is 1. The number of halogens is 3. The molecule has 2 N–H and O–H groups in total. The summed E-state index contributed by atoms with van der Waals surface area (Å²) in [6, 6.07) is 12.6. The first-order valence-electron chi connectivity index (χ1n) is 5.67. The van der Waals surface area contributed by atoms with E-state index < -0.39 is 11.7 Å². The second kappa shape index (κ2) is 4.93. The molecule has 2 rings (SSSR count). The number of hydrogen-bond donors (Lipinski definition) is 1. The van der Waals surface area contributed by atoms with Gasteiger partial charge in [0.15, 0.2) is 0 Å². The fourth-order valence-corrected chi connectivity index (χ4v) is 1.81. The molecule has 2 nitrogen and oxygen atoms in total. The van der Waals surface area contributed by atoms with Crippen LogP contribution in [0.25, 0.3) is 0 Å². The number of benzene rings is 2. The van der Waals surface area contributed by atoms with Gasteiger partial charge in [0.1, 0.15) is 0 Å². The third kappa shape index (κ3) is 2.88. The van der Waals surface area contributed by atoms with Crippen molar-refractivity contribution in [2.75, 3.05) is 5.01 Å². The molecule has 0 aliphatic rings. The molecule has 0 spiro atoms. The van der Waals surface area contributed by atoms with Crippen molar-refractivity contribution in [1.82, 2.24) is 0 Å². The Labute approximate surface area is 109 Å². The molecule has 0 aliphatic heterocycles. The van der Waals surface area contributed by atoms with Gasteiger partial charge < -0.3 is 0 Å². The highest BCUT2D eigenvalue weighted by molar-refractivity contribution is 5.66. The van der Waals surface area contributed by atoms with E-state index in [0.29, 0.717) is 11.3 Å². The number of anilines is 2. The predicted octanol–water partition coefficient (Wildman–Crippen LogP) is 4.03. The lowest BCUT2D eigenvalue weighted by Gasteiger charge is -2.23. The van der Waals surface area contributed by atoms with Crippen LogP contribution in [0, 0.1) is 6.92 Å². The first-order valence-corrected chi connectivity index (χ1v) is 5.67. The molecule has 0 saturated carbocycles. The van der Waals surface area contributed by atoms with Crippen molar-refractivity contribution in [3.63, 3.8) is 0 Å². The number of aryl methyl sites for hydroxylation is 1. The highest BCUT2D eigenvalue weighted by Crippen LogP contribution is 2.38. The lowest BCUT2D eigenvalue weighted by atomic mass is 10.1. The molecule has 2 aromatic rings. The molecular weight excluding hydrogens is 253 g/mol. The van der Waals surface area contributed by atoms with Gasteiger partial charge in [-0.2, -0.15) is 13.2 Å². The molecule has 2 aromatic carbocycles. The topological polar surface area (TPSA) is 29.3 Å². The minimum Gasteiger partial charge on any atom is -0.279 e. The summed E-state index contributed by atoms with van der Waals surface area (Å²) in [4.78, 5) is 0. The van der Waals surface area contributed by atoms with E-state index in [1.807, 2.05) is 0 Å². The first-order chi connectivity index (χ1) is 8.89. The Morgan fingerprint density at radius 3 is 2.21 bits per heavy atom. The van der Waals surface area contributed by atoms with Crippen LogP contribution >= 0.6 is 0 Å². The predicted molar refractivity (Wildman–Crippen MR) is 68.9 cm³/mol. The third-order valence-corrected chi connectivity index (χ3v) is 2.75. The van der Waals surface area contributed by atoms with E-state index >= 15 is 0 Å². The SMILES string of the molecule is Cc1ccc(N(N)c2ccccc2)c(C(F)(F)F)c1. The van der Waals surface area contributed by atoms with Crippen LogP contribution < -0.4 is 10.9 Å². The monoisotopic (exact) mass is 266 g/mol. The van der Waals surface area contributed by atoms with Crippen LogP contribution in [0.15, 0.2) is 48.5 Å². The third-order valence-electron chi connectivity index (χ3n) is 2.75. The van der Waals surface area contributed by atoms with Crippen molar-refractivity contribution in [1.29, 1.82) is 0 Å². The minimum absolute atomic E-state index is 0.0655. The van der Waals surface area contributed by atoms with E-state index in [1.54, 1.807) is 43.3 Å². The molecule has 0 amide bonds. The number of rotatable bonds is 2. The Kier molecular flexibility index (Phi) is 3.48. The summed E-state index contributed by atoms with van der Waals surface area (Å²) in [7, 11) is 0. The zero-order chi connectivity index (χ0) is 14.0. The van der Waals surface area contributed by atoms with Gasteiger partial charge in [0.05, 0.1) is 16.9 Å². The Morgan fingerprint density at radius 1 is 1.00 bits per heavy atom. The summed E-state index contributed by atoms with van der Waals surface area (Å²) in [5.41, 5.74) is 0.234. The molecule has 0 heterocycles. The van der Waals surface area contributed by atoms with Gasteiger partial charge in [0.2, 0.25) is 0 Å². The quantitative estimate of drug-likeness (QED) is 0.657. The van der Waals surface area contributed by atoms with E-state index in [9.17, 15) is 13.2 Å². The fraction of sp³-hybridized carbons (Fsp3) is 0.143. The number of hydrazine groups is 1. The number of alkyl halides is 3. The van der Waals surface area contributed by atoms with Gasteiger partial charge >= 0.3 is 6.18 Å². The van der Waals surface area contributed by atoms with Crippen LogP contribution in [0.2, 0.25) is 0 Å². The molecule has 100 valence electrons. The lowest BCUT2D eigenvalue weighted by molar-refractivity contribution is -0.137. The average molecular weight is 266 g/mol. The van der Waals surface area contributed by atoms with Crippen molar-refractivity contribution < 1.29 is 13.2 Å². The Bertz CT molecular complexity index is 565. The maximum Gasteiger partial charge on any atom is 0.418 e. The van der Waals surface area contributed by atoms with Crippen molar-refractivity contribution >= 4 is 11.4 Å². The summed E-state index contributed by atoms with van der Waals surface area (Å²) in [6.45, 7) is 1.61. The van der Waals surface area contributed by atoms with Gasteiger partial charge in [-0.15, -0.1) is 0 Å². The second-order valence-electron chi connectivity index (χ2n) is 4.22. The molecule has 0 radical (unpaired) electrons. The molecule has 0 unspecified atom stereocenters. The van der Waals surface area contributed by atoms with Crippen LogP contribution in [-0.4, -0.2) is 0 Å². The van der Waals surface area contributed by atoms with E-state index in [1.165, 1.54) is 6.07 Å². The van der Waals surface area contributed by atoms with Crippen molar-refractivity contribution in [3.8, 4) is 0 Å². The van der Waals surface area contributed by atoms with E-state index in [0.717, 1.165) is 11.1 Å². The highest BCUT2D eigenvalue weighted by Gasteiger charge is 2.34. The van der Waals surface area contributed by atoms with Gasteiger partial charge in [0, 0.05) is 0 Å². The Balaban J connectivity index is 2.51. The molecule has 0 aliphatic carbocycles. The van der Waals surface area contributed by atoms with Crippen LogP contribution in [-0.2, 0) is 6.18 Å². The Hall–Kier alpha value is -2.01. The smallest absolute Gasteiger partial charge is 0.279 e. The molecule has 19 heavy (non-hydrogen) atoms. The Morgan fingerprint density at radius 2 is 1.63 bits per heavy atom. The van der Waals surface area contributed by atoms with Gasteiger partial charge in [-0.05, 0) is 31.2 Å². The number of hydrogen-bond acceptors (Lipinski definition) is 2. The molecule has 0 bridgehead atoms. The molecule has 5 heteroatoms. The number of para-hydroxylation sites is 1. The largest absolute Gasteiger partial charge is 0.418 e. The number of nitrogens with two attached hydrogens (primary N) is 1. The standard InChI is InChI=1S/C14H13F3N2/c1-10-7-8-13(12(9-10)14(15,16)17)19(18)11-5-3-2-4-6-11/h2-9H,18H2,1H3. The van der Waals surface area contributed by atoms with Crippen molar-refractivity contribution in [3.05, 3.63) is 59.7 Å². The van der Waals surface area contributed by atoms with E-state index in [2.05, 4.69) is 0 Å². The first kappa shape index (κ1) is 13.4. The van der Waals surface area contributed by atoms with E-state index in [-0.39, 0.29) is 5.69 Å². The maximum atomic E-state index is 13.0. The zero-order valence-corrected chi connectivity index (χ0v) is 10.3. The van der Waals surface area contributed by atoms with Crippen molar-refractivity contribution in [2.45, 2.75) is 13.1 Å². The molecular formula is C14H13F3N2. The van der Waals surface area contributed by atoms with Crippen LogP contribution in [0.1, 0.15) is 11.1 Å². The normalized spacial score (nSPS) is 11.4. The van der Waals surface area contributed by atoms with Crippen LogP contribution in [0.5, 0.6) is 0 Å². The molecule has 0 atom stereocenters. The average Bonchev–Trinajstić information content (AvgIpc) is 2.38. The van der Waals surface area contributed by atoms with Crippen LogP contribution in [0.4, 0.5) is 24.5 Å². The van der Waals surface area contributed by atoms with Crippen LogP contribution in [0.3, 0.4) is 0 Å². The molecule has 0 saturated heterocycles. The van der Waals surface area contributed by atoms with Gasteiger partial charge in [-0.25, -0.2) is 5.84 Å².